The van der Waals surface area contributed by atoms with Gasteiger partial charge < -0.3 is 19.9 Å². The number of anilines is 1. The molecule has 1 aromatic carbocycles. The standard InChI is InChI=1S/C24H35N5O4/c30-22(28-8-6-20(7-9-28)24(32)25-21-4-2-1-3-5-21)18-26-10-12-27(13-11-26)19-23(31)29-14-16-33-17-15-29/h1-5,20H,6-19H2,(H,25,32). The summed E-state index contributed by atoms with van der Waals surface area (Å²) in [6.07, 6.45) is 1.39. The fraction of sp³-hybridized carbons (Fsp3) is 0.625. The first-order chi connectivity index (χ1) is 16.1. The molecule has 0 aliphatic carbocycles. The number of piperazine rings is 1. The van der Waals surface area contributed by atoms with Crippen LogP contribution in [0.1, 0.15) is 12.8 Å². The Kier molecular flexibility index (Phi) is 8.30. The summed E-state index contributed by atoms with van der Waals surface area (Å²) in [6.45, 7) is 7.88. The SMILES string of the molecule is O=C(Nc1ccccc1)C1CCN(C(=O)CN2CCN(CC(=O)N3CCOCC3)CC2)CC1. The van der Waals surface area contributed by atoms with Crippen LogP contribution >= 0.6 is 0 Å². The van der Waals surface area contributed by atoms with E-state index in [1.54, 1.807) is 0 Å². The van der Waals surface area contributed by atoms with Crippen molar-refractivity contribution in [3.8, 4) is 0 Å². The normalized spacial score (nSPS) is 21.1. The van der Waals surface area contributed by atoms with Crippen molar-refractivity contribution in [2.75, 3.05) is 84.0 Å². The number of likely N-dealkylation sites (tertiary alicyclic amines) is 1. The largest absolute Gasteiger partial charge is 0.378 e. The van der Waals surface area contributed by atoms with Crippen molar-refractivity contribution in [3.63, 3.8) is 0 Å². The minimum absolute atomic E-state index is 0.0380. The third-order valence-electron chi connectivity index (χ3n) is 6.81. The van der Waals surface area contributed by atoms with Gasteiger partial charge in [-0.25, -0.2) is 0 Å². The summed E-state index contributed by atoms with van der Waals surface area (Å²) in [4.78, 5) is 45.9. The summed E-state index contributed by atoms with van der Waals surface area (Å²) in [6, 6.07) is 9.49. The lowest BCUT2D eigenvalue weighted by atomic mass is 9.95. The molecular weight excluding hydrogens is 422 g/mol. The second-order valence-electron chi connectivity index (χ2n) is 9.06. The smallest absolute Gasteiger partial charge is 0.236 e. The number of hydrogen-bond acceptors (Lipinski definition) is 6. The van der Waals surface area contributed by atoms with E-state index in [0.717, 1.165) is 31.9 Å². The van der Waals surface area contributed by atoms with E-state index in [1.165, 1.54) is 0 Å². The molecule has 1 N–H and O–H groups in total. The Balaban J connectivity index is 1.13. The van der Waals surface area contributed by atoms with E-state index in [2.05, 4.69) is 15.1 Å². The molecular formula is C24H35N5O4. The summed E-state index contributed by atoms with van der Waals surface area (Å²) < 4.78 is 5.31. The van der Waals surface area contributed by atoms with Gasteiger partial charge in [-0.1, -0.05) is 18.2 Å². The molecule has 0 unspecified atom stereocenters. The lowest BCUT2D eigenvalue weighted by molar-refractivity contribution is -0.138. The topological polar surface area (TPSA) is 85.4 Å². The Morgan fingerprint density at radius 3 is 1.82 bits per heavy atom. The first-order valence-corrected chi connectivity index (χ1v) is 12.0. The van der Waals surface area contributed by atoms with Gasteiger partial charge in [0.05, 0.1) is 26.3 Å². The zero-order chi connectivity index (χ0) is 23.0. The van der Waals surface area contributed by atoms with Crippen molar-refractivity contribution in [1.82, 2.24) is 19.6 Å². The maximum atomic E-state index is 12.8. The molecule has 3 saturated heterocycles. The number of nitrogens with zero attached hydrogens (tertiary/aromatic N) is 4. The summed E-state index contributed by atoms with van der Waals surface area (Å²) in [5, 5.41) is 2.97. The van der Waals surface area contributed by atoms with E-state index < -0.39 is 0 Å². The number of nitrogens with one attached hydrogen (secondary N) is 1. The Bertz CT molecular complexity index is 798. The van der Waals surface area contributed by atoms with Crippen molar-refractivity contribution < 1.29 is 19.1 Å². The Morgan fingerprint density at radius 2 is 1.27 bits per heavy atom. The lowest BCUT2D eigenvalue weighted by Gasteiger charge is -2.37. The summed E-state index contributed by atoms with van der Waals surface area (Å²) in [5.41, 5.74) is 0.812. The molecule has 4 rings (SSSR count). The van der Waals surface area contributed by atoms with Crippen molar-refractivity contribution >= 4 is 23.4 Å². The molecule has 3 aliphatic heterocycles. The highest BCUT2D eigenvalue weighted by atomic mass is 16.5. The average molecular weight is 458 g/mol. The summed E-state index contributed by atoms with van der Waals surface area (Å²) in [5.74, 6) is 0.287. The second kappa shape index (κ2) is 11.6. The molecule has 3 amide bonds. The van der Waals surface area contributed by atoms with Gasteiger partial charge >= 0.3 is 0 Å². The molecule has 3 heterocycles. The summed E-state index contributed by atoms with van der Waals surface area (Å²) in [7, 11) is 0. The van der Waals surface area contributed by atoms with E-state index in [-0.39, 0.29) is 23.6 Å². The van der Waals surface area contributed by atoms with Crippen LogP contribution < -0.4 is 5.32 Å². The fourth-order valence-electron chi connectivity index (χ4n) is 4.66. The van der Waals surface area contributed by atoms with Gasteiger partial charge in [0.15, 0.2) is 0 Å². The van der Waals surface area contributed by atoms with Gasteiger partial charge in [-0.2, -0.15) is 0 Å². The number of rotatable bonds is 6. The Labute approximate surface area is 195 Å². The first kappa shape index (κ1) is 23.7. The molecule has 0 atom stereocenters. The maximum Gasteiger partial charge on any atom is 0.236 e. The monoisotopic (exact) mass is 457 g/mol. The van der Waals surface area contributed by atoms with Crippen LogP contribution in [-0.2, 0) is 19.1 Å². The van der Waals surface area contributed by atoms with E-state index in [9.17, 15) is 14.4 Å². The highest BCUT2D eigenvalue weighted by Crippen LogP contribution is 2.20. The molecule has 33 heavy (non-hydrogen) atoms. The maximum absolute atomic E-state index is 12.8. The third-order valence-corrected chi connectivity index (χ3v) is 6.81. The molecule has 0 spiro atoms. The van der Waals surface area contributed by atoms with Crippen LogP contribution in [0.4, 0.5) is 5.69 Å². The molecule has 0 radical (unpaired) electrons. The van der Waals surface area contributed by atoms with Crippen LogP contribution in [0, 0.1) is 5.92 Å². The van der Waals surface area contributed by atoms with Gasteiger partial charge in [0.1, 0.15) is 0 Å². The average Bonchev–Trinajstić information content (AvgIpc) is 2.86. The quantitative estimate of drug-likeness (QED) is 0.663. The van der Waals surface area contributed by atoms with Gasteiger partial charge in [-0.15, -0.1) is 0 Å². The molecule has 3 aliphatic rings. The minimum Gasteiger partial charge on any atom is -0.378 e. The molecule has 180 valence electrons. The molecule has 9 heteroatoms. The van der Waals surface area contributed by atoms with Crippen molar-refractivity contribution in [3.05, 3.63) is 30.3 Å². The number of carbonyl (C=O) groups excluding carboxylic acids is 3. The summed E-state index contributed by atoms with van der Waals surface area (Å²) >= 11 is 0. The minimum atomic E-state index is -0.0539. The van der Waals surface area contributed by atoms with Gasteiger partial charge in [0.25, 0.3) is 0 Å². The number of morpholine rings is 1. The number of ether oxygens (including phenoxy) is 1. The van der Waals surface area contributed by atoms with Crippen LogP contribution in [0.25, 0.3) is 0 Å². The van der Waals surface area contributed by atoms with E-state index in [1.807, 2.05) is 40.1 Å². The second-order valence-corrected chi connectivity index (χ2v) is 9.06. The number of benzene rings is 1. The third kappa shape index (κ3) is 6.75. The van der Waals surface area contributed by atoms with Crippen molar-refractivity contribution in [1.29, 1.82) is 0 Å². The first-order valence-electron chi connectivity index (χ1n) is 12.0. The molecule has 0 bridgehead atoms. The van der Waals surface area contributed by atoms with Gasteiger partial charge in [-0.05, 0) is 25.0 Å². The fourth-order valence-corrected chi connectivity index (χ4v) is 4.66. The predicted octanol–water partition coefficient (Wildman–Crippen LogP) is 0.340. The van der Waals surface area contributed by atoms with Crippen LogP contribution in [0.5, 0.6) is 0 Å². The van der Waals surface area contributed by atoms with E-state index >= 15 is 0 Å². The number of amides is 3. The number of carbonyl (C=O) groups is 3. The number of hydrogen-bond donors (Lipinski definition) is 1. The molecule has 1 aromatic rings. The highest BCUT2D eigenvalue weighted by molar-refractivity contribution is 5.92. The van der Waals surface area contributed by atoms with Gasteiger partial charge in [0, 0.05) is 64.0 Å². The Morgan fingerprint density at radius 1 is 0.758 bits per heavy atom. The number of piperidine rings is 1. The van der Waals surface area contributed by atoms with Gasteiger partial charge in [-0.3, -0.25) is 24.2 Å². The molecule has 0 aromatic heterocycles. The Hall–Kier alpha value is -2.49. The molecule has 3 fully saturated rings. The lowest BCUT2D eigenvalue weighted by Crippen LogP contribution is -2.53. The van der Waals surface area contributed by atoms with Crippen LogP contribution in [0.15, 0.2) is 30.3 Å². The van der Waals surface area contributed by atoms with Crippen LogP contribution in [-0.4, -0.2) is 116 Å². The zero-order valence-corrected chi connectivity index (χ0v) is 19.3. The van der Waals surface area contributed by atoms with Gasteiger partial charge in [0.2, 0.25) is 17.7 Å². The molecule has 9 nitrogen and oxygen atoms in total. The predicted molar refractivity (Wildman–Crippen MR) is 125 cm³/mol. The van der Waals surface area contributed by atoms with Crippen LogP contribution in [0.2, 0.25) is 0 Å². The van der Waals surface area contributed by atoms with Crippen molar-refractivity contribution in [2.45, 2.75) is 12.8 Å². The van der Waals surface area contributed by atoms with E-state index in [0.29, 0.717) is 65.3 Å². The number of para-hydroxylation sites is 1. The van der Waals surface area contributed by atoms with Crippen LogP contribution in [0.3, 0.4) is 0 Å². The molecule has 0 saturated carbocycles. The van der Waals surface area contributed by atoms with E-state index in [4.69, 9.17) is 4.74 Å². The highest BCUT2D eigenvalue weighted by Gasteiger charge is 2.29. The van der Waals surface area contributed by atoms with Crippen molar-refractivity contribution in [2.24, 2.45) is 5.92 Å². The zero-order valence-electron chi connectivity index (χ0n) is 19.3.